The first-order valence-electron chi connectivity index (χ1n) is 24.6. The Morgan fingerprint density at radius 3 is 1.56 bits per heavy atom. The van der Waals surface area contributed by atoms with Gasteiger partial charge in [-0.2, -0.15) is 0 Å². The van der Waals surface area contributed by atoms with Gasteiger partial charge in [0.15, 0.2) is 0 Å². The fourth-order valence-electron chi connectivity index (χ4n) is 12.4. The number of fused-ring (bicyclic) bond motifs is 7. The summed E-state index contributed by atoms with van der Waals surface area (Å²) in [4.78, 5) is 7.69. The summed E-state index contributed by atoms with van der Waals surface area (Å²) in [6.45, 7) is 18.6. The molecule has 3 nitrogen and oxygen atoms in total. The molecule has 8 aromatic carbocycles. The van der Waals surface area contributed by atoms with E-state index in [0.29, 0.717) is 0 Å². The molecule has 0 radical (unpaired) electrons. The quantitative estimate of drug-likeness (QED) is 0.159. The first-order chi connectivity index (χ1) is 32.6. The van der Waals surface area contributed by atoms with E-state index in [1.54, 1.807) is 6.07 Å². The Kier molecular flexibility index (Phi) is 9.43. The fourth-order valence-corrected chi connectivity index (χ4v) is 12.4. The van der Waals surface area contributed by atoms with Crippen LogP contribution in [0.3, 0.4) is 0 Å². The molecule has 0 bridgehead atoms. The Balaban J connectivity index is 1.19. The fraction of sp³-hybridized carbons (Fsp3) is 0.238. The summed E-state index contributed by atoms with van der Waals surface area (Å²) in [6.07, 6.45) is 3.12. The molecule has 0 aromatic heterocycles. The number of anilines is 8. The molecule has 1 fully saturated rings. The summed E-state index contributed by atoms with van der Waals surface area (Å²) in [7, 11) is 0. The van der Waals surface area contributed by atoms with Crippen LogP contribution < -0.4 is 31.1 Å². The van der Waals surface area contributed by atoms with Crippen molar-refractivity contribution in [2.45, 2.75) is 96.4 Å². The first-order valence-corrected chi connectivity index (χ1v) is 24.6. The standard InChI is InChI=1S/C63H59BFN3/c1-60(2,3)45-23-29-49(30-24-45)67-56-32-25-46(61(4,5)6)37-53(56)64-52-36-44(42-18-13-10-14-19-42)22-31-55(52)66(48-27-20-43(21-28-48)41-16-11-9-12-17-41)57-39-50(40-58(67)59(57)64)68-54-33-26-47(65)38-51(54)62(7)34-15-35-63(62,68)8/h9-14,16-33,36-40H,15,34-35H2,1-8H3. The van der Waals surface area contributed by atoms with Gasteiger partial charge in [0, 0.05) is 50.9 Å². The molecule has 2 unspecified atom stereocenters. The zero-order valence-corrected chi connectivity index (χ0v) is 40.7. The normalized spacial score (nSPS) is 19.1. The van der Waals surface area contributed by atoms with Gasteiger partial charge in [0.25, 0.3) is 6.71 Å². The van der Waals surface area contributed by atoms with Gasteiger partial charge in [0.05, 0.1) is 5.54 Å². The minimum Gasteiger partial charge on any atom is -0.334 e. The van der Waals surface area contributed by atoms with Crippen LogP contribution in [-0.2, 0) is 16.2 Å². The highest BCUT2D eigenvalue weighted by atomic mass is 19.1. The van der Waals surface area contributed by atoms with Gasteiger partial charge in [-0.3, -0.25) is 0 Å². The summed E-state index contributed by atoms with van der Waals surface area (Å²) in [5.74, 6) is -0.169. The molecule has 3 aliphatic heterocycles. The van der Waals surface area contributed by atoms with Gasteiger partial charge in [0.1, 0.15) is 5.82 Å². The van der Waals surface area contributed by atoms with E-state index in [2.05, 4.69) is 228 Å². The largest absolute Gasteiger partial charge is 0.334 e. The third-order valence-electron chi connectivity index (χ3n) is 16.3. The monoisotopic (exact) mass is 887 g/mol. The van der Waals surface area contributed by atoms with Crippen molar-refractivity contribution in [2.24, 2.45) is 0 Å². The van der Waals surface area contributed by atoms with E-state index in [0.717, 1.165) is 53.3 Å². The lowest BCUT2D eigenvalue weighted by Gasteiger charge is -2.47. The zero-order valence-electron chi connectivity index (χ0n) is 40.7. The van der Waals surface area contributed by atoms with Crippen LogP contribution in [0.5, 0.6) is 0 Å². The smallest absolute Gasteiger partial charge is 0.252 e. The van der Waals surface area contributed by atoms with Crippen LogP contribution in [0, 0.1) is 5.82 Å². The third-order valence-corrected chi connectivity index (χ3v) is 16.3. The van der Waals surface area contributed by atoms with Crippen molar-refractivity contribution >= 4 is 68.6 Å². The van der Waals surface area contributed by atoms with Gasteiger partial charge in [-0.25, -0.2) is 4.39 Å². The maximum atomic E-state index is 15.4. The molecule has 336 valence electrons. The lowest BCUT2D eigenvalue weighted by Crippen LogP contribution is -2.61. The molecule has 4 aliphatic rings. The van der Waals surface area contributed by atoms with Gasteiger partial charge < -0.3 is 14.7 Å². The molecule has 5 heteroatoms. The lowest BCUT2D eigenvalue weighted by molar-refractivity contribution is 0.330. The Morgan fingerprint density at radius 1 is 0.456 bits per heavy atom. The van der Waals surface area contributed by atoms with Crippen LogP contribution in [0.15, 0.2) is 176 Å². The van der Waals surface area contributed by atoms with E-state index in [1.807, 2.05) is 12.1 Å². The molecule has 0 spiro atoms. The minimum absolute atomic E-state index is 0.00680. The SMILES string of the molecule is CC(C)(C)c1ccc(N2c3ccc(C(C)(C)C)cc3B3c4cc(-c5ccccc5)ccc4N(c4ccc(-c5ccccc5)cc4)c4cc(N5c6ccc(F)cc6C6(C)CCCC56C)cc2c43)cc1. The maximum Gasteiger partial charge on any atom is 0.252 e. The number of hydrogen-bond donors (Lipinski definition) is 0. The van der Waals surface area contributed by atoms with Crippen LogP contribution in [0.1, 0.15) is 91.3 Å². The predicted octanol–water partition coefficient (Wildman–Crippen LogP) is 15.2. The van der Waals surface area contributed by atoms with Crippen molar-refractivity contribution in [3.8, 4) is 22.3 Å². The van der Waals surface area contributed by atoms with Crippen molar-refractivity contribution in [3.05, 3.63) is 198 Å². The maximum absolute atomic E-state index is 15.4. The highest BCUT2D eigenvalue weighted by Crippen LogP contribution is 2.63. The van der Waals surface area contributed by atoms with Gasteiger partial charge in [-0.1, -0.05) is 164 Å². The molecule has 2 atom stereocenters. The molecule has 68 heavy (non-hydrogen) atoms. The van der Waals surface area contributed by atoms with E-state index in [-0.39, 0.29) is 34.3 Å². The van der Waals surface area contributed by atoms with Crippen molar-refractivity contribution in [3.63, 3.8) is 0 Å². The number of benzene rings is 8. The second kappa shape index (κ2) is 15.1. The number of halogens is 1. The van der Waals surface area contributed by atoms with Crippen LogP contribution in [-0.4, -0.2) is 12.3 Å². The highest BCUT2D eigenvalue weighted by Gasteiger charge is 2.60. The van der Waals surface area contributed by atoms with Gasteiger partial charge in [-0.05, 0) is 153 Å². The second-order valence-electron chi connectivity index (χ2n) is 22.3. The van der Waals surface area contributed by atoms with Gasteiger partial charge in [-0.15, -0.1) is 0 Å². The molecular weight excluding hydrogens is 829 g/mol. The number of rotatable bonds is 5. The third kappa shape index (κ3) is 6.37. The number of hydrogen-bond acceptors (Lipinski definition) is 3. The molecule has 1 aliphatic carbocycles. The molecule has 8 aromatic rings. The summed E-state index contributed by atoms with van der Waals surface area (Å²) in [5.41, 5.74) is 21.0. The van der Waals surface area contributed by atoms with Crippen molar-refractivity contribution < 1.29 is 4.39 Å². The summed E-state index contributed by atoms with van der Waals surface area (Å²) < 4.78 is 15.4. The molecule has 0 N–H and O–H groups in total. The van der Waals surface area contributed by atoms with Gasteiger partial charge in [0.2, 0.25) is 0 Å². The predicted molar refractivity (Wildman–Crippen MR) is 287 cm³/mol. The van der Waals surface area contributed by atoms with Crippen LogP contribution >= 0.6 is 0 Å². The molecule has 1 saturated carbocycles. The van der Waals surface area contributed by atoms with E-state index in [9.17, 15) is 0 Å². The second-order valence-corrected chi connectivity index (χ2v) is 22.3. The van der Waals surface area contributed by atoms with E-state index in [1.165, 1.54) is 66.8 Å². The first kappa shape index (κ1) is 42.5. The average Bonchev–Trinajstić information content (AvgIpc) is 3.74. The Morgan fingerprint density at radius 2 is 0.956 bits per heavy atom. The van der Waals surface area contributed by atoms with Gasteiger partial charge >= 0.3 is 0 Å². The lowest BCUT2D eigenvalue weighted by atomic mass is 9.33. The van der Waals surface area contributed by atoms with Crippen molar-refractivity contribution in [2.75, 3.05) is 14.7 Å². The molecule has 0 amide bonds. The van der Waals surface area contributed by atoms with E-state index in [4.69, 9.17) is 0 Å². The Labute approximate surface area is 403 Å². The molecular formula is C63H59BFN3. The topological polar surface area (TPSA) is 9.72 Å². The summed E-state index contributed by atoms with van der Waals surface area (Å²) in [6, 6.07) is 64.8. The van der Waals surface area contributed by atoms with E-state index >= 15 is 4.39 Å². The summed E-state index contributed by atoms with van der Waals surface area (Å²) >= 11 is 0. The average molecular weight is 888 g/mol. The van der Waals surface area contributed by atoms with E-state index < -0.39 is 0 Å². The summed E-state index contributed by atoms with van der Waals surface area (Å²) in [5, 5.41) is 0. The van der Waals surface area contributed by atoms with Crippen LogP contribution in [0.2, 0.25) is 0 Å². The number of nitrogens with zero attached hydrogens (tertiary/aromatic N) is 3. The minimum atomic E-state index is -0.268. The molecule has 12 rings (SSSR count). The zero-order chi connectivity index (χ0) is 46.9. The van der Waals surface area contributed by atoms with Crippen molar-refractivity contribution in [1.82, 2.24) is 0 Å². The molecule has 3 heterocycles. The highest BCUT2D eigenvalue weighted by molar-refractivity contribution is 7.00. The van der Waals surface area contributed by atoms with Crippen LogP contribution in [0.25, 0.3) is 22.3 Å². The van der Waals surface area contributed by atoms with Crippen molar-refractivity contribution in [1.29, 1.82) is 0 Å². The Hall–Kier alpha value is -6.85. The molecule has 0 saturated heterocycles. The Bertz CT molecular complexity index is 3280. The van der Waals surface area contributed by atoms with Crippen LogP contribution in [0.4, 0.5) is 49.9 Å².